The molecule has 1 aromatic heterocycles. The minimum atomic E-state index is -0.211. The van der Waals surface area contributed by atoms with Crippen LogP contribution in [0.2, 0.25) is 10.0 Å². The highest BCUT2D eigenvalue weighted by Crippen LogP contribution is 2.25. The van der Waals surface area contributed by atoms with Gasteiger partial charge in [-0.1, -0.05) is 23.2 Å². The zero-order chi connectivity index (χ0) is 18.7. The quantitative estimate of drug-likeness (QED) is 0.818. The molecule has 3 rings (SSSR count). The molecule has 5 nitrogen and oxygen atoms in total. The lowest BCUT2D eigenvalue weighted by molar-refractivity contribution is -0.133. The third kappa shape index (κ3) is 4.76. The van der Waals surface area contributed by atoms with Gasteiger partial charge in [-0.05, 0) is 48.7 Å². The Morgan fingerprint density at radius 1 is 1.23 bits per heavy atom. The number of halogens is 2. The fourth-order valence-electron chi connectivity index (χ4n) is 2.87. The Labute approximate surface area is 166 Å². The van der Waals surface area contributed by atoms with E-state index in [1.807, 2.05) is 4.90 Å². The first kappa shape index (κ1) is 19.2. The fraction of sp³-hybridized carbons (Fsp3) is 0.333. The Morgan fingerprint density at radius 2 is 2.04 bits per heavy atom. The zero-order valence-electron chi connectivity index (χ0n) is 14.3. The lowest BCUT2D eigenvalue weighted by Crippen LogP contribution is -2.43. The zero-order valence-corrected chi connectivity index (χ0v) is 16.6. The normalized spacial score (nSPS) is 13.6. The van der Waals surface area contributed by atoms with Gasteiger partial charge in [0.2, 0.25) is 11.8 Å². The van der Waals surface area contributed by atoms with Crippen LogP contribution in [0.3, 0.4) is 0 Å². The van der Waals surface area contributed by atoms with Crippen LogP contribution < -0.4 is 5.32 Å². The van der Waals surface area contributed by atoms with Gasteiger partial charge in [-0.25, -0.2) is 0 Å². The molecule has 2 heterocycles. The van der Waals surface area contributed by atoms with Crippen LogP contribution in [-0.4, -0.2) is 48.3 Å². The molecule has 1 aliphatic rings. The molecule has 2 amide bonds. The number of thiophene rings is 1. The predicted octanol–water partition coefficient (Wildman–Crippen LogP) is 3.51. The van der Waals surface area contributed by atoms with E-state index in [1.165, 1.54) is 10.4 Å². The van der Waals surface area contributed by atoms with Gasteiger partial charge in [-0.3, -0.25) is 14.5 Å². The highest BCUT2D eigenvalue weighted by molar-refractivity contribution is 7.10. The van der Waals surface area contributed by atoms with Crippen molar-refractivity contribution in [1.82, 2.24) is 9.80 Å². The Balaban J connectivity index is 1.48. The van der Waals surface area contributed by atoms with Crippen molar-refractivity contribution in [1.29, 1.82) is 0 Å². The first-order valence-corrected chi connectivity index (χ1v) is 9.82. The average Bonchev–Trinajstić information content (AvgIpc) is 3.05. The number of amides is 2. The van der Waals surface area contributed by atoms with Crippen molar-refractivity contribution in [2.45, 2.75) is 13.0 Å². The molecule has 0 atom stereocenters. The van der Waals surface area contributed by atoms with Crippen molar-refractivity contribution in [2.24, 2.45) is 0 Å². The molecule has 8 heteroatoms. The van der Waals surface area contributed by atoms with Gasteiger partial charge in [-0.15, -0.1) is 11.3 Å². The number of fused-ring (bicyclic) bond motifs is 1. The molecule has 0 saturated heterocycles. The lowest BCUT2D eigenvalue weighted by Gasteiger charge is -2.28. The van der Waals surface area contributed by atoms with Gasteiger partial charge in [0.15, 0.2) is 0 Å². The smallest absolute Gasteiger partial charge is 0.238 e. The SMILES string of the molecule is CN(CC(=O)Nc1ccc(Cl)c(Cl)c1)CC(=O)N1CCc2sccc2C1. The molecule has 0 saturated carbocycles. The van der Waals surface area contributed by atoms with E-state index in [2.05, 4.69) is 16.8 Å². The van der Waals surface area contributed by atoms with E-state index < -0.39 is 0 Å². The first-order valence-electron chi connectivity index (χ1n) is 8.19. The minimum Gasteiger partial charge on any atom is -0.337 e. The lowest BCUT2D eigenvalue weighted by atomic mass is 10.1. The summed E-state index contributed by atoms with van der Waals surface area (Å²) in [7, 11) is 1.76. The number of nitrogens with zero attached hydrogens (tertiary/aromatic N) is 2. The number of carbonyl (C=O) groups is 2. The molecule has 0 spiro atoms. The second kappa shape index (κ2) is 8.39. The van der Waals surface area contributed by atoms with Gasteiger partial charge in [0.1, 0.15) is 0 Å². The van der Waals surface area contributed by atoms with Crippen LogP contribution in [0.15, 0.2) is 29.6 Å². The van der Waals surface area contributed by atoms with Crippen LogP contribution in [0, 0.1) is 0 Å². The molecule has 1 aromatic carbocycles. The number of anilines is 1. The molecule has 138 valence electrons. The summed E-state index contributed by atoms with van der Waals surface area (Å²) in [5.74, 6) is -0.177. The van der Waals surface area contributed by atoms with Gasteiger partial charge in [0.05, 0.1) is 23.1 Å². The molecular weight excluding hydrogens is 393 g/mol. The van der Waals surface area contributed by atoms with Gasteiger partial charge in [0.25, 0.3) is 0 Å². The minimum absolute atomic E-state index is 0.0340. The summed E-state index contributed by atoms with van der Waals surface area (Å²) in [6.07, 6.45) is 0.903. The van der Waals surface area contributed by atoms with E-state index in [9.17, 15) is 9.59 Å². The number of carbonyl (C=O) groups excluding carboxylic acids is 2. The largest absolute Gasteiger partial charge is 0.337 e. The fourth-order valence-corrected chi connectivity index (χ4v) is 4.06. The summed E-state index contributed by atoms with van der Waals surface area (Å²) in [6, 6.07) is 6.98. The van der Waals surface area contributed by atoms with Crippen LogP contribution in [0.25, 0.3) is 0 Å². The van der Waals surface area contributed by atoms with Gasteiger partial charge >= 0.3 is 0 Å². The van der Waals surface area contributed by atoms with E-state index in [-0.39, 0.29) is 24.9 Å². The molecule has 26 heavy (non-hydrogen) atoms. The predicted molar refractivity (Wildman–Crippen MR) is 106 cm³/mol. The van der Waals surface area contributed by atoms with E-state index in [0.29, 0.717) is 22.3 Å². The van der Waals surface area contributed by atoms with Gasteiger partial charge < -0.3 is 10.2 Å². The summed E-state index contributed by atoms with van der Waals surface area (Å²) in [5, 5.41) is 5.64. The second-order valence-electron chi connectivity index (χ2n) is 6.28. The second-order valence-corrected chi connectivity index (χ2v) is 8.10. The molecule has 0 bridgehead atoms. The van der Waals surface area contributed by atoms with Crippen molar-refractivity contribution >= 4 is 52.0 Å². The highest BCUT2D eigenvalue weighted by atomic mass is 35.5. The third-order valence-corrected chi connectivity index (χ3v) is 5.94. The molecule has 2 aromatic rings. The Hall–Kier alpha value is -1.60. The average molecular weight is 412 g/mol. The van der Waals surface area contributed by atoms with Crippen LogP contribution in [0.5, 0.6) is 0 Å². The molecule has 1 aliphatic heterocycles. The number of hydrogen-bond donors (Lipinski definition) is 1. The summed E-state index contributed by atoms with van der Waals surface area (Å²) in [5.41, 5.74) is 1.81. The van der Waals surface area contributed by atoms with Crippen LogP contribution in [-0.2, 0) is 22.6 Å². The van der Waals surface area contributed by atoms with E-state index in [0.717, 1.165) is 13.0 Å². The first-order chi connectivity index (χ1) is 12.4. The maximum atomic E-state index is 12.5. The topological polar surface area (TPSA) is 52.7 Å². The number of rotatable bonds is 5. The third-order valence-electron chi connectivity index (χ3n) is 4.18. The Bertz CT molecular complexity index is 825. The van der Waals surface area contributed by atoms with Crippen LogP contribution >= 0.6 is 34.5 Å². The number of benzene rings is 1. The summed E-state index contributed by atoms with van der Waals surface area (Å²) in [4.78, 5) is 29.6. The number of hydrogen-bond acceptors (Lipinski definition) is 4. The highest BCUT2D eigenvalue weighted by Gasteiger charge is 2.22. The molecule has 0 aliphatic carbocycles. The van der Waals surface area contributed by atoms with Crippen LogP contribution in [0.4, 0.5) is 5.69 Å². The molecular formula is C18H19Cl2N3O2S. The maximum absolute atomic E-state index is 12.5. The van der Waals surface area contributed by atoms with Crippen LogP contribution in [0.1, 0.15) is 10.4 Å². The van der Waals surface area contributed by atoms with E-state index >= 15 is 0 Å². The molecule has 1 N–H and O–H groups in total. The summed E-state index contributed by atoms with van der Waals surface area (Å²) >= 11 is 13.6. The van der Waals surface area contributed by atoms with Gasteiger partial charge in [0, 0.05) is 23.7 Å². The van der Waals surface area contributed by atoms with Gasteiger partial charge in [-0.2, -0.15) is 0 Å². The van der Waals surface area contributed by atoms with Crippen molar-refractivity contribution in [3.63, 3.8) is 0 Å². The van der Waals surface area contributed by atoms with E-state index in [4.69, 9.17) is 23.2 Å². The summed E-state index contributed by atoms with van der Waals surface area (Å²) in [6.45, 7) is 1.70. The number of nitrogens with one attached hydrogen (secondary N) is 1. The van der Waals surface area contributed by atoms with Crippen molar-refractivity contribution < 1.29 is 9.59 Å². The van der Waals surface area contributed by atoms with Crippen molar-refractivity contribution in [3.8, 4) is 0 Å². The van der Waals surface area contributed by atoms with E-state index in [1.54, 1.807) is 41.5 Å². The standard InChI is InChI=1S/C18H19Cl2N3O2S/c1-22(10-17(24)21-13-2-3-14(19)15(20)8-13)11-18(25)23-6-4-16-12(9-23)5-7-26-16/h2-3,5,7-8H,4,6,9-11H2,1H3,(H,21,24). The Kier molecular flexibility index (Phi) is 6.19. The monoisotopic (exact) mass is 411 g/mol. The molecule has 0 fully saturated rings. The van der Waals surface area contributed by atoms with Crippen molar-refractivity contribution in [3.05, 3.63) is 50.1 Å². The molecule has 0 radical (unpaired) electrons. The maximum Gasteiger partial charge on any atom is 0.238 e. The number of likely N-dealkylation sites (N-methyl/N-ethyl adjacent to an activating group) is 1. The van der Waals surface area contributed by atoms with Crippen molar-refractivity contribution in [2.75, 3.05) is 32.0 Å². The Morgan fingerprint density at radius 3 is 2.81 bits per heavy atom. The molecule has 0 unspecified atom stereocenters. The summed E-state index contributed by atoms with van der Waals surface area (Å²) < 4.78 is 0.